The van der Waals surface area contributed by atoms with Crippen LogP contribution in [-0.2, 0) is 13.5 Å². The summed E-state index contributed by atoms with van der Waals surface area (Å²) in [6.45, 7) is 4.21. The predicted molar refractivity (Wildman–Crippen MR) is 80.8 cm³/mol. The molecule has 104 valence electrons. The summed E-state index contributed by atoms with van der Waals surface area (Å²) >= 11 is 0. The van der Waals surface area contributed by atoms with Gasteiger partial charge in [-0.1, -0.05) is 25.1 Å². The van der Waals surface area contributed by atoms with Crippen molar-refractivity contribution in [2.24, 2.45) is 7.05 Å². The van der Waals surface area contributed by atoms with E-state index in [9.17, 15) is 0 Å². The minimum atomic E-state index is 0.108. The Hall–Kier alpha value is -2.23. The van der Waals surface area contributed by atoms with Crippen LogP contribution < -0.4 is 5.32 Å². The quantitative estimate of drug-likeness (QED) is 0.781. The zero-order chi connectivity index (χ0) is 14.1. The number of furan rings is 1. The highest BCUT2D eigenvalue weighted by Gasteiger charge is 2.14. The van der Waals surface area contributed by atoms with Crippen molar-refractivity contribution in [2.45, 2.75) is 26.3 Å². The Balaban J connectivity index is 1.86. The predicted octanol–water partition coefficient (Wildman–Crippen LogP) is 3.90. The standard InChI is InChI=1S/C16H19N3O/c1-4-13-14(10-19(3)18-13)17-11(2)16-9-12-7-5-6-8-15(12)20-16/h5-11,17H,4H2,1-3H3. The zero-order valence-corrected chi connectivity index (χ0v) is 12.1. The Bertz CT molecular complexity index is 693. The van der Waals surface area contributed by atoms with Gasteiger partial charge in [-0.2, -0.15) is 5.10 Å². The molecule has 0 bridgehead atoms. The minimum absolute atomic E-state index is 0.108. The zero-order valence-electron chi connectivity index (χ0n) is 12.1. The van der Waals surface area contributed by atoms with E-state index in [0.717, 1.165) is 34.5 Å². The topological polar surface area (TPSA) is 43.0 Å². The van der Waals surface area contributed by atoms with Gasteiger partial charge in [-0.3, -0.25) is 4.68 Å². The van der Waals surface area contributed by atoms with E-state index in [0.29, 0.717) is 0 Å². The van der Waals surface area contributed by atoms with Crippen molar-refractivity contribution >= 4 is 16.7 Å². The lowest BCUT2D eigenvalue weighted by Gasteiger charge is -2.11. The van der Waals surface area contributed by atoms with Crippen LogP contribution in [0.4, 0.5) is 5.69 Å². The first-order valence-corrected chi connectivity index (χ1v) is 6.95. The summed E-state index contributed by atoms with van der Waals surface area (Å²) in [6.07, 6.45) is 2.92. The highest BCUT2D eigenvalue weighted by atomic mass is 16.3. The molecule has 0 spiro atoms. The molecule has 3 aromatic rings. The average Bonchev–Trinajstić information content (AvgIpc) is 3.01. The maximum atomic E-state index is 5.89. The number of para-hydroxylation sites is 1. The maximum Gasteiger partial charge on any atom is 0.134 e. The Morgan fingerprint density at radius 1 is 1.35 bits per heavy atom. The van der Waals surface area contributed by atoms with E-state index >= 15 is 0 Å². The molecule has 0 saturated carbocycles. The molecule has 20 heavy (non-hydrogen) atoms. The molecule has 1 unspecified atom stereocenters. The van der Waals surface area contributed by atoms with Gasteiger partial charge >= 0.3 is 0 Å². The van der Waals surface area contributed by atoms with Crippen LogP contribution in [0, 0.1) is 0 Å². The Labute approximate surface area is 118 Å². The number of hydrogen-bond acceptors (Lipinski definition) is 3. The van der Waals surface area contributed by atoms with Gasteiger partial charge in [0.2, 0.25) is 0 Å². The fourth-order valence-electron chi connectivity index (χ4n) is 2.44. The van der Waals surface area contributed by atoms with Crippen molar-refractivity contribution in [3.63, 3.8) is 0 Å². The third kappa shape index (κ3) is 2.29. The van der Waals surface area contributed by atoms with Crippen LogP contribution in [0.25, 0.3) is 11.0 Å². The fraction of sp³-hybridized carbons (Fsp3) is 0.312. The van der Waals surface area contributed by atoms with Gasteiger partial charge in [0.15, 0.2) is 0 Å². The number of nitrogens with one attached hydrogen (secondary N) is 1. The number of fused-ring (bicyclic) bond motifs is 1. The summed E-state index contributed by atoms with van der Waals surface area (Å²) in [5.41, 5.74) is 3.08. The monoisotopic (exact) mass is 269 g/mol. The smallest absolute Gasteiger partial charge is 0.134 e. The van der Waals surface area contributed by atoms with Crippen LogP contribution >= 0.6 is 0 Å². The van der Waals surface area contributed by atoms with Crippen LogP contribution in [0.2, 0.25) is 0 Å². The van der Waals surface area contributed by atoms with Gasteiger partial charge in [-0.05, 0) is 25.5 Å². The number of anilines is 1. The van der Waals surface area contributed by atoms with Gasteiger partial charge in [0, 0.05) is 18.6 Å². The van der Waals surface area contributed by atoms with Crippen LogP contribution in [0.3, 0.4) is 0 Å². The van der Waals surface area contributed by atoms with E-state index in [2.05, 4.69) is 36.4 Å². The normalized spacial score (nSPS) is 12.8. The van der Waals surface area contributed by atoms with Crippen molar-refractivity contribution < 1.29 is 4.42 Å². The SMILES string of the molecule is CCc1nn(C)cc1NC(C)c1cc2ccccc2o1. The van der Waals surface area contributed by atoms with Gasteiger partial charge in [-0.15, -0.1) is 0 Å². The number of aromatic nitrogens is 2. The molecule has 3 rings (SSSR count). The lowest BCUT2D eigenvalue weighted by atomic mass is 10.2. The Morgan fingerprint density at radius 2 is 2.15 bits per heavy atom. The highest BCUT2D eigenvalue weighted by molar-refractivity contribution is 5.77. The molecule has 0 amide bonds. The van der Waals surface area contributed by atoms with Gasteiger partial charge in [0.05, 0.1) is 17.4 Å². The number of hydrogen-bond donors (Lipinski definition) is 1. The Kier molecular flexibility index (Phi) is 3.22. The summed E-state index contributed by atoms with van der Waals surface area (Å²) in [6, 6.07) is 10.3. The van der Waals surface area contributed by atoms with Crippen LogP contribution in [0.5, 0.6) is 0 Å². The number of benzene rings is 1. The molecule has 0 aliphatic rings. The summed E-state index contributed by atoms with van der Waals surface area (Å²) in [7, 11) is 1.94. The largest absolute Gasteiger partial charge is 0.459 e. The maximum absolute atomic E-state index is 5.89. The van der Waals surface area contributed by atoms with Gasteiger partial charge in [0.1, 0.15) is 11.3 Å². The average molecular weight is 269 g/mol. The molecule has 1 N–H and O–H groups in total. The third-order valence-electron chi connectivity index (χ3n) is 3.48. The first-order valence-electron chi connectivity index (χ1n) is 6.95. The molecule has 0 aliphatic heterocycles. The van der Waals surface area contributed by atoms with Gasteiger partial charge in [-0.25, -0.2) is 0 Å². The second-order valence-electron chi connectivity index (χ2n) is 5.07. The molecule has 0 aliphatic carbocycles. The van der Waals surface area contributed by atoms with Crippen LogP contribution in [0.15, 0.2) is 40.9 Å². The lowest BCUT2D eigenvalue weighted by molar-refractivity contribution is 0.526. The molecular formula is C16H19N3O. The van der Waals surface area contributed by atoms with Crippen LogP contribution in [-0.4, -0.2) is 9.78 Å². The molecule has 4 heteroatoms. The Morgan fingerprint density at radius 3 is 2.90 bits per heavy atom. The molecule has 1 aromatic carbocycles. The van der Waals surface area contributed by atoms with E-state index in [1.807, 2.05) is 36.1 Å². The molecule has 2 heterocycles. The molecule has 0 radical (unpaired) electrons. The van der Waals surface area contributed by atoms with Crippen molar-refractivity contribution in [3.8, 4) is 0 Å². The van der Waals surface area contributed by atoms with E-state index in [1.165, 1.54) is 0 Å². The van der Waals surface area contributed by atoms with Gasteiger partial charge < -0.3 is 9.73 Å². The highest BCUT2D eigenvalue weighted by Crippen LogP contribution is 2.27. The van der Waals surface area contributed by atoms with Crippen molar-refractivity contribution in [1.82, 2.24) is 9.78 Å². The number of rotatable bonds is 4. The molecule has 0 fully saturated rings. The summed E-state index contributed by atoms with van der Waals surface area (Å²) in [4.78, 5) is 0. The van der Waals surface area contributed by atoms with Crippen molar-refractivity contribution in [2.75, 3.05) is 5.32 Å². The number of aryl methyl sites for hydroxylation is 2. The summed E-state index contributed by atoms with van der Waals surface area (Å²) in [5, 5.41) is 9.06. The molecule has 0 saturated heterocycles. The molecule has 2 aromatic heterocycles. The first kappa shape index (κ1) is 12.8. The second-order valence-corrected chi connectivity index (χ2v) is 5.07. The van der Waals surface area contributed by atoms with Crippen LogP contribution in [0.1, 0.15) is 31.3 Å². The summed E-state index contributed by atoms with van der Waals surface area (Å²) < 4.78 is 7.73. The van der Waals surface area contributed by atoms with Crippen molar-refractivity contribution in [1.29, 1.82) is 0 Å². The molecule has 1 atom stereocenters. The molecular weight excluding hydrogens is 250 g/mol. The number of nitrogens with zero attached hydrogens (tertiary/aromatic N) is 2. The van der Waals surface area contributed by atoms with E-state index in [4.69, 9.17) is 4.42 Å². The molecule has 4 nitrogen and oxygen atoms in total. The van der Waals surface area contributed by atoms with Crippen molar-refractivity contribution in [3.05, 3.63) is 48.0 Å². The lowest BCUT2D eigenvalue weighted by Crippen LogP contribution is -2.06. The van der Waals surface area contributed by atoms with E-state index in [-0.39, 0.29) is 6.04 Å². The second kappa shape index (κ2) is 5.04. The first-order chi connectivity index (χ1) is 9.67. The third-order valence-corrected chi connectivity index (χ3v) is 3.48. The minimum Gasteiger partial charge on any atom is -0.459 e. The van der Waals surface area contributed by atoms with E-state index in [1.54, 1.807) is 0 Å². The van der Waals surface area contributed by atoms with E-state index < -0.39 is 0 Å². The summed E-state index contributed by atoms with van der Waals surface area (Å²) in [5.74, 6) is 0.942. The van der Waals surface area contributed by atoms with Gasteiger partial charge in [0.25, 0.3) is 0 Å². The fourth-order valence-corrected chi connectivity index (χ4v) is 2.44.